The van der Waals surface area contributed by atoms with Crippen LogP contribution in [0.25, 0.3) is 0 Å². The predicted molar refractivity (Wildman–Crippen MR) is 57.4 cm³/mol. The van der Waals surface area contributed by atoms with Crippen molar-refractivity contribution >= 4 is 15.9 Å². The molecule has 0 radical (unpaired) electrons. The first-order valence-electron chi connectivity index (χ1n) is 4.46. The van der Waals surface area contributed by atoms with E-state index in [1.54, 1.807) is 6.07 Å². The molecular weight excluding hydrogens is 249 g/mol. The minimum absolute atomic E-state index is 0.245. The highest BCUT2D eigenvalue weighted by Gasteiger charge is 2.01. The third kappa shape index (κ3) is 3.74. The molecular formula is C10H13BrFNO. The maximum absolute atomic E-state index is 12.8. The zero-order chi connectivity index (χ0) is 10.4. The summed E-state index contributed by atoms with van der Waals surface area (Å²) in [4.78, 5) is 0. The molecule has 0 saturated heterocycles. The van der Waals surface area contributed by atoms with E-state index in [0.717, 1.165) is 16.5 Å². The lowest BCUT2D eigenvalue weighted by Crippen LogP contribution is -2.04. The Balaban J connectivity index is 2.45. The lowest BCUT2D eigenvalue weighted by atomic mass is 10.2. The molecule has 0 spiro atoms. The monoisotopic (exact) mass is 261 g/mol. The molecule has 78 valence electrons. The molecule has 2 nitrogen and oxygen atoms in total. The van der Waals surface area contributed by atoms with Crippen molar-refractivity contribution in [1.29, 1.82) is 0 Å². The van der Waals surface area contributed by atoms with Gasteiger partial charge in [0.2, 0.25) is 0 Å². The van der Waals surface area contributed by atoms with Gasteiger partial charge in [0.05, 0.1) is 6.61 Å². The summed E-state index contributed by atoms with van der Waals surface area (Å²) in [6.07, 6.45) is 0.826. The highest BCUT2D eigenvalue weighted by atomic mass is 79.9. The molecule has 0 aromatic heterocycles. The van der Waals surface area contributed by atoms with Gasteiger partial charge in [-0.3, -0.25) is 0 Å². The molecule has 0 atom stereocenters. The summed E-state index contributed by atoms with van der Waals surface area (Å²) >= 11 is 3.33. The van der Waals surface area contributed by atoms with Gasteiger partial charge in [0.1, 0.15) is 5.82 Å². The number of hydrogen-bond donors (Lipinski definition) is 1. The number of ether oxygens (including phenoxy) is 1. The number of hydrogen-bond acceptors (Lipinski definition) is 2. The van der Waals surface area contributed by atoms with Crippen LogP contribution in [0.2, 0.25) is 0 Å². The number of halogens is 2. The van der Waals surface area contributed by atoms with E-state index in [4.69, 9.17) is 10.5 Å². The van der Waals surface area contributed by atoms with Crippen LogP contribution in [-0.2, 0) is 11.3 Å². The van der Waals surface area contributed by atoms with Gasteiger partial charge in [-0.05, 0) is 36.7 Å². The fourth-order valence-corrected chi connectivity index (χ4v) is 1.38. The van der Waals surface area contributed by atoms with Crippen molar-refractivity contribution in [3.05, 3.63) is 34.1 Å². The van der Waals surface area contributed by atoms with Crippen LogP contribution in [0.1, 0.15) is 12.0 Å². The zero-order valence-corrected chi connectivity index (χ0v) is 9.39. The largest absolute Gasteiger partial charge is 0.377 e. The molecule has 1 aromatic carbocycles. The SMILES string of the molecule is NCCCOCc1cc(F)ccc1Br. The molecule has 0 amide bonds. The summed E-state index contributed by atoms with van der Waals surface area (Å²) < 4.78 is 19.0. The summed E-state index contributed by atoms with van der Waals surface area (Å²) in [6, 6.07) is 4.55. The normalized spacial score (nSPS) is 10.5. The number of benzene rings is 1. The van der Waals surface area contributed by atoms with Gasteiger partial charge in [0.25, 0.3) is 0 Å². The Hall–Kier alpha value is -0.450. The van der Waals surface area contributed by atoms with Gasteiger partial charge in [-0.1, -0.05) is 15.9 Å². The van der Waals surface area contributed by atoms with Crippen LogP contribution in [0.4, 0.5) is 4.39 Å². The van der Waals surface area contributed by atoms with E-state index in [9.17, 15) is 4.39 Å². The minimum atomic E-state index is -0.245. The third-order valence-corrected chi connectivity index (χ3v) is 2.53. The van der Waals surface area contributed by atoms with Crippen molar-refractivity contribution < 1.29 is 9.13 Å². The van der Waals surface area contributed by atoms with Gasteiger partial charge < -0.3 is 10.5 Å². The summed E-state index contributed by atoms with van der Waals surface area (Å²) in [5.41, 5.74) is 6.13. The Labute approximate surface area is 91.4 Å². The van der Waals surface area contributed by atoms with Crippen molar-refractivity contribution in [3.8, 4) is 0 Å². The van der Waals surface area contributed by atoms with Crippen LogP contribution in [0, 0.1) is 5.82 Å². The molecule has 0 unspecified atom stereocenters. The molecule has 4 heteroatoms. The molecule has 0 saturated carbocycles. The van der Waals surface area contributed by atoms with Gasteiger partial charge >= 0.3 is 0 Å². The standard InChI is InChI=1S/C10H13BrFNO/c11-10-3-2-9(12)6-8(10)7-14-5-1-4-13/h2-3,6H,1,4-5,7,13H2. The van der Waals surface area contributed by atoms with Crippen LogP contribution >= 0.6 is 15.9 Å². The molecule has 14 heavy (non-hydrogen) atoms. The maximum Gasteiger partial charge on any atom is 0.123 e. The van der Waals surface area contributed by atoms with E-state index in [0.29, 0.717) is 19.8 Å². The van der Waals surface area contributed by atoms with Gasteiger partial charge in [0, 0.05) is 11.1 Å². The maximum atomic E-state index is 12.8. The van der Waals surface area contributed by atoms with E-state index in [-0.39, 0.29) is 5.82 Å². The van der Waals surface area contributed by atoms with Crippen molar-refractivity contribution in [2.75, 3.05) is 13.2 Å². The summed E-state index contributed by atoms with van der Waals surface area (Å²) in [7, 11) is 0. The molecule has 0 aliphatic heterocycles. The molecule has 2 N–H and O–H groups in total. The molecule has 0 heterocycles. The summed E-state index contributed by atoms with van der Waals surface area (Å²) in [6.45, 7) is 1.64. The van der Waals surface area contributed by atoms with E-state index >= 15 is 0 Å². The van der Waals surface area contributed by atoms with Crippen LogP contribution in [0.15, 0.2) is 22.7 Å². The van der Waals surface area contributed by atoms with Crippen molar-refractivity contribution in [3.63, 3.8) is 0 Å². The topological polar surface area (TPSA) is 35.2 Å². The first kappa shape index (κ1) is 11.6. The average molecular weight is 262 g/mol. The van der Waals surface area contributed by atoms with E-state index in [1.165, 1.54) is 12.1 Å². The molecule has 0 aliphatic rings. The fourth-order valence-electron chi connectivity index (χ4n) is 1.02. The molecule has 0 fully saturated rings. The number of rotatable bonds is 5. The van der Waals surface area contributed by atoms with Gasteiger partial charge in [-0.25, -0.2) is 4.39 Å². The van der Waals surface area contributed by atoms with Crippen LogP contribution in [0.5, 0.6) is 0 Å². The minimum Gasteiger partial charge on any atom is -0.377 e. The van der Waals surface area contributed by atoms with E-state index in [2.05, 4.69) is 15.9 Å². The van der Waals surface area contributed by atoms with Crippen LogP contribution < -0.4 is 5.73 Å². The van der Waals surface area contributed by atoms with Crippen LogP contribution in [-0.4, -0.2) is 13.2 Å². The zero-order valence-electron chi connectivity index (χ0n) is 7.80. The molecule has 0 aliphatic carbocycles. The van der Waals surface area contributed by atoms with E-state index < -0.39 is 0 Å². The highest BCUT2D eigenvalue weighted by Crippen LogP contribution is 2.18. The average Bonchev–Trinajstić information content (AvgIpc) is 2.18. The van der Waals surface area contributed by atoms with Gasteiger partial charge in [-0.2, -0.15) is 0 Å². The molecule has 0 bridgehead atoms. The predicted octanol–water partition coefficient (Wildman–Crippen LogP) is 2.45. The van der Waals surface area contributed by atoms with Crippen molar-refractivity contribution in [1.82, 2.24) is 0 Å². The summed E-state index contributed by atoms with van der Waals surface area (Å²) in [5, 5.41) is 0. The Morgan fingerprint density at radius 2 is 2.21 bits per heavy atom. The second-order valence-electron chi connectivity index (χ2n) is 2.93. The van der Waals surface area contributed by atoms with Gasteiger partial charge in [0.15, 0.2) is 0 Å². The first-order chi connectivity index (χ1) is 6.74. The highest BCUT2D eigenvalue weighted by molar-refractivity contribution is 9.10. The Kier molecular flexibility index (Phi) is 5.07. The van der Waals surface area contributed by atoms with Crippen molar-refractivity contribution in [2.45, 2.75) is 13.0 Å². The lowest BCUT2D eigenvalue weighted by molar-refractivity contribution is 0.119. The smallest absolute Gasteiger partial charge is 0.123 e. The molecule has 1 rings (SSSR count). The van der Waals surface area contributed by atoms with Crippen LogP contribution in [0.3, 0.4) is 0 Å². The first-order valence-corrected chi connectivity index (χ1v) is 5.25. The quantitative estimate of drug-likeness (QED) is 0.827. The Morgan fingerprint density at radius 1 is 1.43 bits per heavy atom. The molecule has 1 aromatic rings. The fraction of sp³-hybridized carbons (Fsp3) is 0.400. The summed E-state index contributed by atoms with van der Waals surface area (Å²) in [5.74, 6) is -0.245. The van der Waals surface area contributed by atoms with Crippen molar-refractivity contribution in [2.24, 2.45) is 5.73 Å². The second-order valence-corrected chi connectivity index (χ2v) is 3.78. The van der Waals surface area contributed by atoms with E-state index in [1.807, 2.05) is 0 Å². The number of nitrogens with two attached hydrogens (primary N) is 1. The lowest BCUT2D eigenvalue weighted by Gasteiger charge is -2.05. The second kappa shape index (κ2) is 6.11. The van der Waals surface area contributed by atoms with Gasteiger partial charge in [-0.15, -0.1) is 0 Å². The Bertz CT molecular complexity index is 293. The Morgan fingerprint density at radius 3 is 2.93 bits per heavy atom. The third-order valence-electron chi connectivity index (χ3n) is 1.76.